The van der Waals surface area contributed by atoms with E-state index in [9.17, 15) is 9.90 Å². The van der Waals surface area contributed by atoms with Gasteiger partial charge >= 0.3 is 0 Å². The molecular weight excluding hydrogens is 378 g/mol. The summed E-state index contributed by atoms with van der Waals surface area (Å²) >= 11 is 0. The van der Waals surface area contributed by atoms with Crippen LogP contribution in [0.15, 0.2) is 36.4 Å². The van der Waals surface area contributed by atoms with Crippen molar-refractivity contribution in [3.05, 3.63) is 53.1 Å². The molecule has 4 rings (SSSR count). The number of rotatable bonds is 6. The second-order valence-corrected chi connectivity index (χ2v) is 8.46. The minimum Gasteiger partial charge on any atom is -0.508 e. The fourth-order valence-electron chi connectivity index (χ4n) is 5.03. The van der Waals surface area contributed by atoms with Crippen molar-refractivity contribution in [1.82, 2.24) is 4.90 Å². The summed E-state index contributed by atoms with van der Waals surface area (Å²) in [5.41, 5.74) is 3.49. The zero-order valence-corrected chi connectivity index (χ0v) is 18.1. The van der Waals surface area contributed by atoms with Crippen LogP contribution in [0, 0.1) is 5.92 Å². The maximum atomic E-state index is 12.9. The Morgan fingerprint density at radius 1 is 1.03 bits per heavy atom. The zero-order chi connectivity index (χ0) is 21.3. The Morgan fingerprint density at radius 3 is 2.33 bits per heavy atom. The van der Waals surface area contributed by atoms with Gasteiger partial charge in [-0.3, -0.25) is 9.69 Å². The summed E-state index contributed by atoms with van der Waals surface area (Å²) in [6.07, 6.45) is 3.74. The van der Waals surface area contributed by atoms with Crippen LogP contribution in [0.3, 0.4) is 0 Å². The normalized spacial score (nSPS) is 23.6. The van der Waals surface area contributed by atoms with E-state index in [0.717, 1.165) is 43.5 Å². The van der Waals surface area contributed by atoms with Crippen molar-refractivity contribution in [1.29, 1.82) is 0 Å². The summed E-state index contributed by atoms with van der Waals surface area (Å²) in [5.74, 6) is 2.33. The van der Waals surface area contributed by atoms with Gasteiger partial charge in [0, 0.05) is 37.4 Å². The number of fused-ring (bicyclic) bond motifs is 3. The van der Waals surface area contributed by atoms with E-state index in [1.165, 1.54) is 5.56 Å². The number of unbranched alkanes of at least 4 members (excludes halogenated alkanes) is 1. The van der Waals surface area contributed by atoms with Gasteiger partial charge in [0.05, 0.1) is 14.2 Å². The molecule has 0 radical (unpaired) electrons. The molecule has 2 aliphatic rings. The predicted molar refractivity (Wildman–Crippen MR) is 116 cm³/mol. The van der Waals surface area contributed by atoms with Crippen molar-refractivity contribution < 1.29 is 19.4 Å². The number of carbonyl (C=O) groups is 1. The third kappa shape index (κ3) is 3.79. The minimum atomic E-state index is 0.0820. The smallest absolute Gasteiger partial charge is 0.161 e. The highest BCUT2D eigenvalue weighted by molar-refractivity contribution is 5.83. The van der Waals surface area contributed by atoms with Crippen molar-refractivity contribution in [2.75, 3.05) is 27.3 Å². The molecule has 5 nitrogen and oxygen atoms in total. The first-order valence-corrected chi connectivity index (χ1v) is 10.9. The number of phenolic OH excluding ortho intramolecular Hbond substituents is 1. The molecule has 3 atom stereocenters. The van der Waals surface area contributed by atoms with Crippen LogP contribution in [0.1, 0.15) is 61.3 Å². The van der Waals surface area contributed by atoms with Crippen LogP contribution in [0.25, 0.3) is 0 Å². The number of phenols is 1. The fraction of sp³-hybridized carbons (Fsp3) is 0.480. The summed E-state index contributed by atoms with van der Waals surface area (Å²) in [7, 11) is 3.30. The number of ketones is 1. The molecule has 3 unspecified atom stereocenters. The summed E-state index contributed by atoms with van der Waals surface area (Å²) in [6.45, 7) is 3.84. The molecule has 1 fully saturated rings. The first-order chi connectivity index (χ1) is 14.5. The van der Waals surface area contributed by atoms with Gasteiger partial charge in [0.25, 0.3) is 0 Å². The highest BCUT2D eigenvalue weighted by Crippen LogP contribution is 2.47. The lowest BCUT2D eigenvalue weighted by atomic mass is 9.76. The molecule has 30 heavy (non-hydrogen) atoms. The molecule has 2 aromatic carbocycles. The average Bonchev–Trinajstić information content (AvgIpc) is 2.77. The Balaban J connectivity index is 1.77. The average molecular weight is 410 g/mol. The Morgan fingerprint density at radius 2 is 1.70 bits per heavy atom. The summed E-state index contributed by atoms with van der Waals surface area (Å²) < 4.78 is 11.2. The summed E-state index contributed by atoms with van der Waals surface area (Å²) in [6, 6.07) is 11.7. The SMILES string of the molecule is CCCCC1CN2CC(c3ccc(O)cc3)c3cc(OC)c(OC)cc3C2CC1=O. The number of benzene rings is 2. The van der Waals surface area contributed by atoms with E-state index in [2.05, 4.69) is 24.0 Å². The van der Waals surface area contributed by atoms with Gasteiger partial charge in [-0.1, -0.05) is 31.9 Å². The molecule has 2 heterocycles. The number of aromatic hydroxyl groups is 1. The Bertz CT molecular complexity index is 908. The van der Waals surface area contributed by atoms with E-state index in [0.29, 0.717) is 23.7 Å². The molecule has 0 saturated carbocycles. The largest absolute Gasteiger partial charge is 0.508 e. The second-order valence-electron chi connectivity index (χ2n) is 8.46. The van der Waals surface area contributed by atoms with Gasteiger partial charge in [0.2, 0.25) is 0 Å². The molecule has 0 amide bonds. The number of piperidine rings is 1. The van der Waals surface area contributed by atoms with Crippen molar-refractivity contribution in [2.24, 2.45) is 5.92 Å². The number of methoxy groups -OCH3 is 2. The lowest BCUT2D eigenvalue weighted by Crippen LogP contribution is -2.47. The standard InChI is InChI=1S/C25H31NO4/c1-4-5-6-17-14-26-15-21(16-7-9-18(27)10-8-16)19-11-24(29-2)25(30-3)12-20(19)22(26)13-23(17)28/h7-12,17,21-22,27H,4-6,13-15H2,1-3H3. The number of hydrogen-bond donors (Lipinski definition) is 1. The third-order valence-corrected chi connectivity index (χ3v) is 6.69. The Hall–Kier alpha value is -2.53. The third-order valence-electron chi connectivity index (χ3n) is 6.69. The molecule has 0 aromatic heterocycles. The summed E-state index contributed by atoms with van der Waals surface area (Å²) in [4.78, 5) is 15.4. The molecule has 160 valence electrons. The number of nitrogens with zero attached hydrogens (tertiary/aromatic N) is 1. The second kappa shape index (κ2) is 8.68. The van der Waals surface area contributed by atoms with Gasteiger partial charge in [0.15, 0.2) is 11.5 Å². The molecule has 1 saturated heterocycles. The maximum absolute atomic E-state index is 12.9. The van der Waals surface area contributed by atoms with Crippen LogP contribution >= 0.6 is 0 Å². The van der Waals surface area contributed by atoms with E-state index < -0.39 is 0 Å². The van der Waals surface area contributed by atoms with Crippen molar-refractivity contribution in [3.63, 3.8) is 0 Å². The predicted octanol–water partition coefficient (Wildman–Crippen LogP) is 4.68. The zero-order valence-electron chi connectivity index (χ0n) is 18.1. The first kappa shape index (κ1) is 20.7. The first-order valence-electron chi connectivity index (χ1n) is 10.9. The topological polar surface area (TPSA) is 59.0 Å². The van der Waals surface area contributed by atoms with Crippen LogP contribution in [-0.2, 0) is 4.79 Å². The van der Waals surface area contributed by atoms with Gasteiger partial charge in [-0.25, -0.2) is 0 Å². The maximum Gasteiger partial charge on any atom is 0.161 e. The van der Waals surface area contributed by atoms with Gasteiger partial charge in [-0.2, -0.15) is 0 Å². The van der Waals surface area contributed by atoms with E-state index in [4.69, 9.17) is 9.47 Å². The molecule has 0 aliphatic carbocycles. The molecular formula is C25H31NO4. The lowest BCUT2D eigenvalue weighted by molar-refractivity contribution is -0.129. The van der Waals surface area contributed by atoms with Crippen LogP contribution in [-0.4, -0.2) is 43.1 Å². The van der Waals surface area contributed by atoms with Gasteiger partial charge in [-0.15, -0.1) is 0 Å². The van der Waals surface area contributed by atoms with Crippen molar-refractivity contribution in [2.45, 2.75) is 44.6 Å². The van der Waals surface area contributed by atoms with Crippen LogP contribution in [0.2, 0.25) is 0 Å². The van der Waals surface area contributed by atoms with E-state index >= 15 is 0 Å². The molecule has 2 aliphatic heterocycles. The van der Waals surface area contributed by atoms with Crippen molar-refractivity contribution >= 4 is 5.78 Å². The van der Waals surface area contributed by atoms with Gasteiger partial charge in [-0.05, 0) is 47.4 Å². The van der Waals surface area contributed by atoms with E-state index in [1.807, 2.05) is 12.1 Å². The van der Waals surface area contributed by atoms with E-state index in [-0.39, 0.29) is 23.6 Å². The molecule has 0 spiro atoms. The number of Topliss-reactive ketones (excluding diaryl/α,β-unsaturated/α-hetero) is 1. The Labute approximate surface area is 178 Å². The van der Waals surface area contributed by atoms with Gasteiger partial charge in [0.1, 0.15) is 11.5 Å². The number of ether oxygens (including phenoxy) is 2. The molecule has 2 aromatic rings. The van der Waals surface area contributed by atoms with Crippen LogP contribution < -0.4 is 9.47 Å². The van der Waals surface area contributed by atoms with Gasteiger partial charge < -0.3 is 14.6 Å². The number of hydrogen-bond acceptors (Lipinski definition) is 5. The lowest BCUT2D eigenvalue weighted by Gasteiger charge is -2.46. The highest BCUT2D eigenvalue weighted by atomic mass is 16.5. The monoisotopic (exact) mass is 409 g/mol. The highest BCUT2D eigenvalue weighted by Gasteiger charge is 2.41. The number of carbonyl (C=O) groups excluding carboxylic acids is 1. The van der Waals surface area contributed by atoms with Crippen LogP contribution in [0.5, 0.6) is 17.2 Å². The summed E-state index contributed by atoms with van der Waals surface area (Å²) in [5, 5.41) is 9.75. The van der Waals surface area contributed by atoms with Crippen molar-refractivity contribution in [3.8, 4) is 17.2 Å². The molecule has 0 bridgehead atoms. The molecule has 1 N–H and O–H groups in total. The van der Waals surface area contributed by atoms with Crippen LogP contribution in [0.4, 0.5) is 0 Å². The molecule has 5 heteroatoms. The van der Waals surface area contributed by atoms with E-state index in [1.54, 1.807) is 26.4 Å². The fourth-order valence-corrected chi connectivity index (χ4v) is 5.03. The minimum absolute atomic E-state index is 0.0820. The quantitative estimate of drug-likeness (QED) is 0.751. The Kier molecular flexibility index (Phi) is 6.00.